The molecule has 0 saturated heterocycles. The highest BCUT2D eigenvalue weighted by atomic mass is 35.5. The average molecular weight is 292 g/mol. The van der Waals surface area contributed by atoms with Gasteiger partial charge in [-0.1, -0.05) is 41.9 Å². The maximum absolute atomic E-state index is 13.2. The van der Waals surface area contributed by atoms with Gasteiger partial charge in [-0.25, -0.2) is 0 Å². The molecule has 1 heterocycles. The molecule has 1 aromatic heterocycles. The third kappa shape index (κ3) is 2.40. The van der Waals surface area contributed by atoms with Crippen LogP contribution >= 0.6 is 11.6 Å². The molecule has 20 heavy (non-hydrogen) atoms. The van der Waals surface area contributed by atoms with E-state index in [0.29, 0.717) is 5.69 Å². The Bertz CT molecular complexity index is 792. The number of nitrogens with zero attached hydrogens (tertiary/aromatic N) is 2. The van der Waals surface area contributed by atoms with Gasteiger partial charge in [0.05, 0.1) is 0 Å². The molecule has 3 rings (SSSR count). The fourth-order valence-electron chi connectivity index (χ4n) is 1.88. The third-order valence-corrected chi connectivity index (χ3v) is 3.13. The lowest BCUT2D eigenvalue weighted by Gasteiger charge is -2.08. The van der Waals surface area contributed by atoms with Gasteiger partial charge < -0.3 is 5.32 Å². The number of nitrogens with one attached hydrogen (secondary N) is 1. The molecule has 0 unspecified atom stereocenters. The molecule has 1 N–H and O–H groups in total. The molecular weight excluding hydrogens is 284 g/mol. The molecule has 0 aliphatic carbocycles. The first-order chi connectivity index (χ1) is 9.63. The maximum Gasteiger partial charge on any atom is 0.313 e. The minimum absolute atomic E-state index is 0.105. The van der Waals surface area contributed by atoms with Crippen molar-refractivity contribution < 1.29 is 8.78 Å². The van der Waals surface area contributed by atoms with Crippen molar-refractivity contribution >= 4 is 33.9 Å². The summed E-state index contributed by atoms with van der Waals surface area (Å²) in [5.41, 5.74) is 0.628. The first kappa shape index (κ1) is 12.7. The number of aromatic nitrogens is 2. The average Bonchev–Trinajstić information content (AvgIpc) is 2.44. The normalized spacial score (nSPS) is 10.8. The zero-order valence-corrected chi connectivity index (χ0v) is 10.8. The molecule has 6 heteroatoms. The Balaban J connectivity index is 2.01. The van der Waals surface area contributed by atoms with E-state index in [0.717, 1.165) is 10.8 Å². The van der Waals surface area contributed by atoms with Crippen molar-refractivity contribution in [2.45, 2.75) is 0 Å². The number of anilines is 2. The molecule has 0 radical (unpaired) electrons. The molecule has 0 spiro atoms. The van der Waals surface area contributed by atoms with Gasteiger partial charge in [-0.3, -0.25) is 0 Å². The largest absolute Gasteiger partial charge is 0.339 e. The van der Waals surface area contributed by atoms with Crippen molar-refractivity contribution in [3.63, 3.8) is 0 Å². The molecule has 100 valence electrons. The van der Waals surface area contributed by atoms with E-state index in [2.05, 4.69) is 15.3 Å². The van der Waals surface area contributed by atoms with E-state index in [1.54, 1.807) is 6.07 Å². The summed E-state index contributed by atoms with van der Waals surface area (Å²) in [4.78, 5) is 6.36. The van der Waals surface area contributed by atoms with E-state index in [1.165, 1.54) is 0 Å². The molecular formula is C14H8ClF2N3. The topological polar surface area (TPSA) is 37.8 Å². The SMILES string of the molecule is Fc1nc(F)c(Cl)c(Nc2ccc3ccccc3c2)n1. The van der Waals surface area contributed by atoms with E-state index < -0.39 is 12.0 Å². The predicted molar refractivity (Wildman–Crippen MR) is 74.2 cm³/mol. The number of hydrogen-bond acceptors (Lipinski definition) is 3. The van der Waals surface area contributed by atoms with E-state index >= 15 is 0 Å². The van der Waals surface area contributed by atoms with Gasteiger partial charge in [-0.2, -0.15) is 18.7 Å². The van der Waals surface area contributed by atoms with Crippen LogP contribution < -0.4 is 5.32 Å². The van der Waals surface area contributed by atoms with Crippen molar-refractivity contribution in [3.8, 4) is 0 Å². The Morgan fingerprint density at radius 2 is 1.70 bits per heavy atom. The summed E-state index contributed by atoms with van der Waals surface area (Å²) in [6, 6.07) is 13.2. The summed E-state index contributed by atoms with van der Waals surface area (Å²) in [5.74, 6) is -1.20. The lowest BCUT2D eigenvalue weighted by atomic mass is 10.1. The summed E-state index contributed by atoms with van der Waals surface area (Å²) in [5, 5.41) is 4.48. The van der Waals surface area contributed by atoms with Crippen LogP contribution in [0.5, 0.6) is 0 Å². The molecule has 2 aromatic carbocycles. The second-order valence-electron chi connectivity index (χ2n) is 4.13. The van der Waals surface area contributed by atoms with Crippen LogP contribution in [0.1, 0.15) is 0 Å². The summed E-state index contributed by atoms with van der Waals surface area (Å²) >= 11 is 5.70. The van der Waals surface area contributed by atoms with Crippen molar-refractivity contribution in [3.05, 3.63) is 59.5 Å². The lowest BCUT2D eigenvalue weighted by Crippen LogP contribution is -2.02. The fourth-order valence-corrected chi connectivity index (χ4v) is 2.01. The lowest BCUT2D eigenvalue weighted by molar-refractivity contribution is 0.485. The first-order valence-electron chi connectivity index (χ1n) is 5.78. The molecule has 3 aromatic rings. The highest BCUT2D eigenvalue weighted by molar-refractivity contribution is 6.33. The number of hydrogen-bond donors (Lipinski definition) is 1. The van der Waals surface area contributed by atoms with Crippen LogP contribution in [-0.2, 0) is 0 Å². The molecule has 3 nitrogen and oxygen atoms in total. The summed E-state index contributed by atoms with van der Waals surface area (Å²) in [7, 11) is 0. The zero-order chi connectivity index (χ0) is 14.1. The van der Waals surface area contributed by atoms with Crippen LogP contribution in [-0.4, -0.2) is 9.97 Å². The quantitative estimate of drug-likeness (QED) is 0.565. The molecule has 0 aliphatic rings. The van der Waals surface area contributed by atoms with Gasteiger partial charge in [0.1, 0.15) is 5.02 Å². The fraction of sp³-hybridized carbons (Fsp3) is 0. The zero-order valence-electron chi connectivity index (χ0n) is 10.1. The Morgan fingerprint density at radius 3 is 2.50 bits per heavy atom. The highest BCUT2D eigenvalue weighted by Gasteiger charge is 2.12. The molecule has 0 bridgehead atoms. The number of rotatable bonds is 2. The smallest absolute Gasteiger partial charge is 0.313 e. The van der Waals surface area contributed by atoms with Gasteiger partial charge in [0, 0.05) is 5.69 Å². The highest BCUT2D eigenvalue weighted by Crippen LogP contribution is 2.26. The van der Waals surface area contributed by atoms with E-state index in [4.69, 9.17) is 11.6 Å². The first-order valence-corrected chi connectivity index (χ1v) is 6.15. The van der Waals surface area contributed by atoms with E-state index in [1.807, 2.05) is 36.4 Å². The third-order valence-electron chi connectivity index (χ3n) is 2.80. The number of benzene rings is 2. The second kappa shape index (κ2) is 5.02. The van der Waals surface area contributed by atoms with Crippen LogP contribution in [0.15, 0.2) is 42.5 Å². The Hall–Kier alpha value is -2.27. The summed E-state index contributed by atoms with van der Waals surface area (Å²) < 4.78 is 26.2. The molecule has 0 fully saturated rings. The minimum Gasteiger partial charge on any atom is -0.339 e. The number of halogens is 3. The molecule has 0 amide bonds. The maximum atomic E-state index is 13.2. The standard InChI is InChI=1S/C14H8ClF2N3/c15-11-12(16)19-14(17)20-13(11)18-10-6-5-8-3-1-2-4-9(8)7-10/h1-7H,(H,18,19,20). The van der Waals surface area contributed by atoms with Crippen LogP contribution in [0, 0.1) is 12.0 Å². The van der Waals surface area contributed by atoms with Gasteiger partial charge in [0.2, 0.25) is 5.95 Å². The predicted octanol–water partition coefficient (Wildman–Crippen LogP) is 4.31. The van der Waals surface area contributed by atoms with Crippen LogP contribution in [0.3, 0.4) is 0 Å². The minimum atomic E-state index is -1.17. The molecule has 0 aliphatic heterocycles. The molecule has 0 saturated carbocycles. The summed E-state index contributed by atoms with van der Waals surface area (Å²) in [6.07, 6.45) is -1.17. The Kier molecular flexibility index (Phi) is 3.20. The van der Waals surface area contributed by atoms with Gasteiger partial charge in [0.25, 0.3) is 0 Å². The second-order valence-corrected chi connectivity index (χ2v) is 4.51. The van der Waals surface area contributed by atoms with Gasteiger partial charge in [0.15, 0.2) is 5.82 Å². The van der Waals surface area contributed by atoms with Crippen molar-refractivity contribution in [1.82, 2.24) is 9.97 Å². The van der Waals surface area contributed by atoms with Crippen LogP contribution in [0.25, 0.3) is 10.8 Å². The van der Waals surface area contributed by atoms with Crippen molar-refractivity contribution in [1.29, 1.82) is 0 Å². The van der Waals surface area contributed by atoms with Gasteiger partial charge >= 0.3 is 6.08 Å². The number of fused-ring (bicyclic) bond motifs is 1. The van der Waals surface area contributed by atoms with Gasteiger partial charge in [-0.15, -0.1) is 0 Å². The Morgan fingerprint density at radius 1 is 0.950 bits per heavy atom. The van der Waals surface area contributed by atoms with Crippen molar-refractivity contribution in [2.24, 2.45) is 0 Å². The van der Waals surface area contributed by atoms with E-state index in [9.17, 15) is 8.78 Å². The molecule has 0 atom stereocenters. The monoisotopic (exact) mass is 291 g/mol. The van der Waals surface area contributed by atoms with Gasteiger partial charge in [-0.05, 0) is 22.9 Å². The van der Waals surface area contributed by atoms with Crippen molar-refractivity contribution in [2.75, 3.05) is 5.32 Å². The Labute approximate surface area is 118 Å². The van der Waals surface area contributed by atoms with Crippen LogP contribution in [0.2, 0.25) is 5.02 Å². The van der Waals surface area contributed by atoms with Crippen LogP contribution in [0.4, 0.5) is 20.3 Å². The van der Waals surface area contributed by atoms with E-state index in [-0.39, 0.29) is 10.8 Å². The summed E-state index contributed by atoms with van der Waals surface area (Å²) in [6.45, 7) is 0.